The van der Waals surface area contributed by atoms with Crippen molar-refractivity contribution < 1.29 is 20.1 Å². The third-order valence-electron chi connectivity index (χ3n) is 3.14. The zero-order valence-corrected chi connectivity index (χ0v) is 9.68. The van der Waals surface area contributed by atoms with Crippen LogP contribution in [-0.2, 0) is 11.3 Å². The number of phenols is 3. The smallest absolute Gasteiger partial charge is 0.200 e. The highest BCUT2D eigenvalue weighted by molar-refractivity contribution is 5.53. The maximum absolute atomic E-state index is 9.64. The van der Waals surface area contributed by atoms with Crippen molar-refractivity contribution in [2.75, 3.05) is 6.61 Å². The van der Waals surface area contributed by atoms with E-state index < -0.39 is 5.75 Å². The first-order valence-corrected chi connectivity index (χ1v) is 5.67. The maximum Gasteiger partial charge on any atom is 0.200 e. The number of ether oxygens (including phenoxy) is 1. The summed E-state index contributed by atoms with van der Waals surface area (Å²) in [6.07, 6.45) is 1.09. The molecule has 2 rings (SSSR count). The summed E-state index contributed by atoms with van der Waals surface area (Å²) in [5, 5.41) is 31.5. The zero-order chi connectivity index (χ0) is 12.4. The highest BCUT2D eigenvalue weighted by Crippen LogP contribution is 2.36. The lowest BCUT2D eigenvalue weighted by Gasteiger charge is -2.16. The molecule has 17 heavy (non-hydrogen) atoms. The summed E-state index contributed by atoms with van der Waals surface area (Å²) >= 11 is 0. The van der Waals surface area contributed by atoms with Crippen molar-refractivity contribution >= 4 is 0 Å². The van der Waals surface area contributed by atoms with E-state index in [4.69, 9.17) is 4.74 Å². The Morgan fingerprint density at radius 2 is 2.06 bits per heavy atom. The monoisotopic (exact) mass is 239 g/mol. The highest BCUT2D eigenvalue weighted by atomic mass is 16.5. The summed E-state index contributed by atoms with van der Waals surface area (Å²) in [5.74, 6) is -1.06. The summed E-state index contributed by atoms with van der Waals surface area (Å²) in [4.78, 5) is 0. The van der Waals surface area contributed by atoms with Gasteiger partial charge in [0, 0.05) is 24.8 Å². The van der Waals surface area contributed by atoms with Gasteiger partial charge in [-0.05, 0) is 19.4 Å². The van der Waals surface area contributed by atoms with Gasteiger partial charge in [0.15, 0.2) is 11.5 Å². The van der Waals surface area contributed by atoms with Gasteiger partial charge in [0.2, 0.25) is 5.75 Å². The van der Waals surface area contributed by atoms with E-state index in [1.807, 2.05) is 6.92 Å². The van der Waals surface area contributed by atoms with Crippen LogP contribution in [0.2, 0.25) is 0 Å². The minimum atomic E-state index is -0.472. The molecule has 1 aromatic rings. The second-order valence-corrected chi connectivity index (χ2v) is 4.29. The summed E-state index contributed by atoms with van der Waals surface area (Å²) in [5.41, 5.74) is 0.555. The number of rotatable bonds is 3. The number of nitrogens with one attached hydrogen (secondary N) is 1. The molecular weight excluding hydrogens is 222 g/mol. The zero-order valence-electron chi connectivity index (χ0n) is 9.68. The summed E-state index contributed by atoms with van der Waals surface area (Å²) in [6, 6.07) is 3.20. The van der Waals surface area contributed by atoms with Crippen LogP contribution in [0.15, 0.2) is 12.1 Å². The predicted molar refractivity (Wildman–Crippen MR) is 62.1 cm³/mol. The van der Waals surface area contributed by atoms with E-state index in [2.05, 4.69) is 5.32 Å². The quantitative estimate of drug-likeness (QED) is 0.593. The molecule has 1 heterocycles. The third kappa shape index (κ3) is 2.45. The van der Waals surface area contributed by atoms with Crippen LogP contribution >= 0.6 is 0 Å². The molecule has 0 bridgehead atoms. The molecule has 0 saturated carbocycles. The molecule has 2 atom stereocenters. The molecular formula is C12H17NO4. The van der Waals surface area contributed by atoms with E-state index >= 15 is 0 Å². The minimum Gasteiger partial charge on any atom is -0.504 e. The molecule has 1 aromatic carbocycles. The molecule has 2 unspecified atom stereocenters. The molecule has 1 aliphatic rings. The molecule has 4 N–H and O–H groups in total. The Kier molecular flexibility index (Phi) is 3.40. The van der Waals surface area contributed by atoms with Crippen LogP contribution in [0.1, 0.15) is 18.9 Å². The second-order valence-electron chi connectivity index (χ2n) is 4.29. The fourth-order valence-corrected chi connectivity index (χ4v) is 1.99. The van der Waals surface area contributed by atoms with Crippen LogP contribution in [0.25, 0.3) is 0 Å². The average Bonchev–Trinajstić information content (AvgIpc) is 2.71. The van der Waals surface area contributed by atoms with Crippen molar-refractivity contribution in [1.82, 2.24) is 5.32 Å². The molecule has 5 nitrogen and oxygen atoms in total. The van der Waals surface area contributed by atoms with Gasteiger partial charge in [-0.15, -0.1) is 0 Å². The molecule has 5 heteroatoms. The maximum atomic E-state index is 9.64. The van der Waals surface area contributed by atoms with Crippen LogP contribution in [-0.4, -0.2) is 34.1 Å². The largest absolute Gasteiger partial charge is 0.504 e. The Labute approximate surface area is 99.7 Å². The number of phenolic OH excluding ortho intramolecular Hbond substituents is 3. The van der Waals surface area contributed by atoms with E-state index in [1.165, 1.54) is 6.07 Å². The van der Waals surface area contributed by atoms with Gasteiger partial charge >= 0.3 is 0 Å². The van der Waals surface area contributed by atoms with Gasteiger partial charge in [0.25, 0.3) is 0 Å². The average molecular weight is 239 g/mol. The predicted octanol–water partition coefficient (Wildman–Crippen LogP) is 1.07. The number of hydrogen-bond donors (Lipinski definition) is 4. The first-order chi connectivity index (χ1) is 8.09. The summed E-state index contributed by atoms with van der Waals surface area (Å²) in [7, 11) is 0. The van der Waals surface area contributed by atoms with E-state index in [0.717, 1.165) is 13.0 Å². The number of benzene rings is 1. The Balaban J connectivity index is 2.02. The van der Waals surface area contributed by atoms with Gasteiger partial charge in [-0.1, -0.05) is 6.07 Å². The highest BCUT2D eigenvalue weighted by Gasteiger charge is 2.23. The molecule has 0 amide bonds. The standard InChI is InChI=1S/C12H17NO4/c1-7-9(4-5-17-7)13-6-8-2-3-10(14)12(16)11(8)15/h2-3,7,9,13-16H,4-6H2,1H3. The summed E-state index contributed by atoms with van der Waals surface area (Å²) in [6.45, 7) is 3.17. The van der Waals surface area contributed by atoms with E-state index in [-0.39, 0.29) is 23.6 Å². The van der Waals surface area contributed by atoms with Gasteiger partial charge in [-0.3, -0.25) is 0 Å². The first-order valence-electron chi connectivity index (χ1n) is 5.67. The molecule has 1 fully saturated rings. The van der Waals surface area contributed by atoms with Crippen molar-refractivity contribution in [3.8, 4) is 17.2 Å². The number of hydrogen-bond acceptors (Lipinski definition) is 5. The lowest BCUT2D eigenvalue weighted by atomic mass is 10.1. The van der Waals surface area contributed by atoms with Crippen LogP contribution in [0.4, 0.5) is 0 Å². The van der Waals surface area contributed by atoms with Crippen LogP contribution in [0, 0.1) is 0 Å². The minimum absolute atomic E-state index is 0.155. The normalized spacial score (nSPS) is 24.1. The summed E-state index contributed by atoms with van der Waals surface area (Å²) < 4.78 is 5.41. The first kappa shape index (κ1) is 12.0. The van der Waals surface area contributed by atoms with Crippen LogP contribution < -0.4 is 5.32 Å². The Morgan fingerprint density at radius 1 is 1.29 bits per heavy atom. The lowest BCUT2D eigenvalue weighted by Crippen LogP contribution is -2.34. The van der Waals surface area contributed by atoms with Gasteiger partial charge in [0.05, 0.1) is 6.10 Å². The molecule has 0 radical (unpaired) electrons. The van der Waals surface area contributed by atoms with Gasteiger partial charge in [-0.25, -0.2) is 0 Å². The topological polar surface area (TPSA) is 82.0 Å². The van der Waals surface area contributed by atoms with Gasteiger partial charge in [0.1, 0.15) is 0 Å². The van der Waals surface area contributed by atoms with Gasteiger partial charge < -0.3 is 25.4 Å². The molecule has 0 aliphatic carbocycles. The fourth-order valence-electron chi connectivity index (χ4n) is 1.99. The Morgan fingerprint density at radius 3 is 2.71 bits per heavy atom. The molecule has 94 valence electrons. The van der Waals surface area contributed by atoms with Crippen molar-refractivity contribution in [3.05, 3.63) is 17.7 Å². The molecule has 0 spiro atoms. The van der Waals surface area contributed by atoms with Crippen LogP contribution in [0.5, 0.6) is 17.2 Å². The van der Waals surface area contributed by atoms with Crippen molar-refractivity contribution in [2.24, 2.45) is 0 Å². The number of aromatic hydroxyl groups is 3. The van der Waals surface area contributed by atoms with E-state index in [1.54, 1.807) is 6.07 Å². The van der Waals surface area contributed by atoms with Crippen molar-refractivity contribution in [2.45, 2.75) is 32.0 Å². The molecule has 1 aliphatic heterocycles. The van der Waals surface area contributed by atoms with E-state index in [0.29, 0.717) is 12.1 Å². The molecule has 1 saturated heterocycles. The van der Waals surface area contributed by atoms with Crippen LogP contribution in [0.3, 0.4) is 0 Å². The Hall–Kier alpha value is -1.46. The third-order valence-corrected chi connectivity index (χ3v) is 3.14. The lowest BCUT2D eigenvalue weighted by molar-refractivity contribution is 0.113. The van der Waals surface area contributed by atoms with Crippen molar-refractivity contribution in [1.29, 1.82) is 0 Å². The Bertz CT molecular complexity index is 408. The van der Waals surface area contributed by atoms with Gasteiger partial charge in [-0.2, -0.15) is 0 Å². The fraction of sp³-hybridized carbons (Fsp3) is 0.500. The van der Waals surface area contributed by atoms with E-state index in [9.17, 15) is 15.3 Å². The second kappa shape index (κ2) is 4.81. The van der Waals surface area contributed by atoms with Crippen molar-refractivity contribution in [3.63, 3.8) is 0 Å². The molecule has 0 aromatic heterocycles. The SMILES string of the molecule is CC1OCCC1NCc1ccc(O)c(O)c1O.